The maximum Gasteiger partial charge on any atom is 0.131 e. The predicted molar refractivity (Wildman–Crippen MR) is 87.8 cm³/mol. The molecule has 2 aromatic carbocycles. The van der Waals surface area contributed by atoms with Crippen LogP contribution in [-0.2, 0) is 0 Å². The summed E-state index contributed by atoms with van der Waals surface area (Å²) >= 11 is 6.12. The second-order valence-corrected chi connectivity index (χ2v) is 5.76. The molecule has 0 fully saturated rings. The Kier molecular flexibility index (Phi) is 4.53. The number of aryl methyl sites for hydroxylation is 1. The Labute approximate surface area is 130 Å². The summed E-state index contributed by atoms with van der Waals surface area (Å²) in [5.41, 5.74) is 8.26. The molecular formula is C17H19ClN2O. The standard InChI is InChI=1S/C17H19ClN2O/c1-10(2)13-6-4-11(3)8-16(13)21-12-5-7-14(17(19)20)15(18)9-12/h4-10H,1-3H3,(H3,19,20). The van der Waals surface area contributed by atoms with Gasteiger partial charge in [0.15, 0.2) is 0 Å². The molecule has 0 atom stereocenters. The molecule has 0 aromatic heterocycles. The molecule has 0 aliphatic heterocycles. The quantitative estimate of drug-likeness (QED) is 0.626. The minimum absolute atomic E-state index is 0.0509. The number of ether oxygens (including phenoxy) is 1. The normalized spacial score (nSPS) is 10.7. The van der Waals surface area contributed by atoms with Crippen molar-refractivity contribution in [3.63, 3.8) is 0 Å². The number of hydrogen-bond donors (Lipinski definition) is 2. The van der Waals surface area contributed by atoms with E-state index in [1.54, 1.807) is 18.2 Å². The number of rotatable bonds is 4. The molecule has 0 saturated heterocycles. The van der Waals surface area contributed by atoms with Crippen LogP contribution in [0.1, 0.15) is 36.5 Å². The van der Waals surface area contributed by atoms with Gasteiger partial charge in [0.05, 0.1) is 5.02 Å². The average molecular weight is 303 g/mol. The van der Waals surface area contributed by atoms with Gasteiger partial charge in [-0.05, 0) is 42.2 Å². The maximum atomic E-state index is 7.44. The summed E-state index contributed by atoms with van der Waals surface area (Å²) in [7, 11) is 0. The van der Waals surface area contributed by atoms with Crippen LogP contribution in [0.3, 0.4) is 0 Å². The van der Waals surface area contributed by atoms with Gasteiger partial charge >= 0.3 is 0 Å². The van der Waals surface area contributed by atoms with Gasteiger partial charge in [0.25, 0.3) is 0 Å². The molecule has 2 rings (SSSR count). The Morgan fingerprint density at radius 1 is 1.19 bits per heavy atom. The molecule has 0 heterocycles. The van der Waals surface area contributed by atoms with Crippen molar-refractivity contribution in [2.75, 3.05) is 0 Å². The lowest BCUT2D eigenvalue weighted by Gasteiger charge is -2.15. The zero-order valence-corrected chi connectivity index (χ0v) is 13.2. The van der Waals surface area contributed by atoms with E-state index >= 15 is 0 Å². The van der Waals surface area contributed by atoms with Crippen LogP contribution in [0.4, 0.5) is 0 Å². The maximum absolute atomic E-state index is 7.44. The number of amidine groups is 1. The Morgan fingerprint density at radius 2 is 1.90 bits per heavy atom. The lowest BCUT2D eigenvalue weighted by Crippen LogP contribution is -2.11. The third-order valence-electron chi connectivity index (χ3n) is 3.25. The van der Waals surface area contributed by atoms with Gasteiger partial charge < -0.3 is 10.5 Å². The number of benzene rings is 2. The van der Waals surface area contributed by atoms with E-state index in [-0.39, 0.29) is 5.84 Å². The Hall–Kier alpha value is -2.00. The summed E-state index contributed by atoms with van der Waals surface area (Å²) < 4.78 is 5.97. The average Bonchev–Trinajstić information content (AvgIpc) is 2.37. The lowest BCUT2D eigenvalue weighted by atomic mass is 10.0. The highest BCUT2D eigenvalue weighted by Gasteiger charge is 2.11. The number of nitrogen functional groups attached to an aromatic ring is 1. The van der Waals surface area contributed by atoms with Crippen molar-refractivity contribution in [3.8, 4) is 11.5 Å². The van der Waals surface area contributed by atoms with Crippen molar-refractivity contribution in [1.82, 2.24) is 0 Å². The largest absolute Gasteiger partial charge is 0.457 e. The second-order valence-electron chi connectivity index (χ2n) is 5.35. The van der Waals surface area contributed by atoms with Gasteiger partial charge in [-0.2, -0.15) is 0 Å². The number of nitrogens with two attached hydrogens (primary N) is 1. The molecule has 0 aliphatic rings. The molecule has 0 aliphatic carbocycles. The van der Waals surface area contributed by atoms with Gasteiger partial charge in [0.1, 0.15) is 17.3 Å². The van der Waals surface area contributed by atoms with Crippen LogP contribution in [-0.4, -0.2) is 5.84 Å². The summed E-state index contributed by atoms with van der Waals surface area (Å²) in [6.07, 6.45) is 0. The van der Waals surface area contributed by atoms with Crippen LogP contribution in [0.5, 0.6) is 11.5 Å². The fraction of sp³-hybridized carbons (Fsp3) is 0.235. The molecule has 0 saturated carbocycles. The van der Waals surface area contributed by atoms with E-state index in [1.807, 2.05) is 13.0 Å². The first kappa shape index (κ1) is 15.4. The molecule has 21 heavy (non-hydrogen) atoms. The van der Waals surface area contributed by atoms with Crippen LogP contribution in [0.15, 0.2) is 36.4 Å². The molecule has 0 bridgehead atoms. The van der Waals surface area contributed by atoms with Crippen molar-refractivity contribution < 1.29 is 4.74 Å². The van der Waals surface area contributed by atoms with Crippen molar-refractivity contribution in [2.45, 2.75) is 26.7 Å². The van der Waals surface area contributed by atoms with Gasteiger partial charge in [0, 0.05) is 11.6 Å². The minimum Gasteiger partial charge on any atom is -0.457 e. The summed E-state index contributed by atoms with van der Waals surface area (Å²) in [5.74, 6) is 1.78. The molecule has 0 unspecified atom stereocenters. The molecule has 110 valence electrons. The summed E-state index contributed by atoms with van der Waals surface area (Å²) in [6.45, 7) is 6.29. The van der Waals surface area contributed by atoms with Crippen LogP contribution < -0.4 is 10.5 Å². The minimum atomic E-state index is -0.0509. The smallest absolute Gasteiger partial charge is 0.131 e. The molecule has 3 N–H and O–H groups in total. The zero-order chi connectivity index (χ0) is 15.6. The lowest BCUT2D eigenvalue weighted by molar-refractivity contribution is 0.472. The fourth-order valence-corrected chi connectivity index (χ4v) is 2.38. The van der Waals surface area contributed by atoms with E-state index < -0.39 is 0 Å². The van der Waals surface area contributed by atoms with E-state index in [1.165, 1.54) is 0 Å². The molecule has 0 radical (unpaired) electrons. The topological polar surface area (TPSA) is 59.1 Å². The van der Waals surface area contributed by atoms with Crippen molar-refractivity contribution in [2.24, 2.45) is 5.73 Å². The Balaban J connectivity index is 2.36. The van der Waals surface area contributed by atoms with Gasteiger partial charge in [-0.1, -0.05) is 37.6 Å². The van der Waals surface area contributed by atoms with Crippen LogP contribution in [0.25, 0.3) is 0 Å². The Morgan fingerprint density at radius 3 is 2.48 bits per heavy atom. The van der Waals surface area contributed by atoms with E-state index in [0.717, 1.165) is 16.9 Å². The molecule has 2 aromatic rings. The fourth-order valence-electron chi connectivity index (χ4n) is 2.11. The SMILES string of the molecule is Cc1ccc(C(C)C)c(Oc2ccc(C(=N)N)c(Cl)c2)c1. The van der Waals surface area contributed by atoms with E-state index in [4.69, 9.17) is 27.5 Å². The monoisotopic (exact) mass is 302 g/mol. The predicted octanol–water partition coefficient (Wildman–Crippen LogP) is 4.85. The van der Waals surface area contributed by atoms with Gasteiger partial charge in [-0.15, -0.1) is 0 Å². The molecule has 0 amide bonds. The summed E-state index contributed by atoms with van der Waals surface area (Å²) in [6, 6.07) is 11.3. The van der Waals surface area contributed by atoms with E-state index in [0.29, 0.717) is 22.3 Å². The first-order valence-corrected chi connectivity index (χ1v) is 7.18. The summed E-state index contributed by atoms with van der Waals surface area (Å²) in [4.78, 5) is 0. The highest BCUT2D eigenvalue weighted by atomic mass is 35.5. The van der Waals surface area contributed by atoms with E-state index in [9.17, 15) is 0 Å². The van der Waals surface area contributed by atoms with Crippen LogP contribution in [0, 0.1) is 12.3 Å². The third-order valence-corrected chi connectivity index (χ3v) is 3.56. The zero-order valence-electron chi connectivity index (χ0n) is 12.4. The molecule has 4 heteroatoms. The number of nitrogens with one attached hydrogen (secondary N) is 1. The highest BCUT2D eigenvalue weighted by molar-refractivity contribution is 6.34. The molecule has 3 nitrogen and oxygen atoms in total. The first-order chi connectivity index (χ1) is 9.88. The van der Waals surface area contributed by atoms with Crippen molar-refractivity contribution in [1.29, 1.82) is 5.41 Å². The van der Waals surface area contributed by atoms with Gasteiger partial charge in [-0.3, -0.25) is 5.41 Å². The molecule has 0 spiro atoms. The Bertz CT molecular complexity index is 680. The van der Waals surface area contributed by atoms with E-state index in [2.05, 4.69) is 26.0 Å². The van der Waals surface area contributed by atoms with Crippen LogP contribution >= 0.6 is 11.6 Å². The van der Waals surface area contributed by atoms with Crippen molar-refractivity contribution in [3.05, 3.63) is 58.1 Å². The van der Waals surface area contributed by atoms with Gasteiger partial charge in [0.2, 0.25) is 0 Å². The second kappa shape index (κ2) is 6.19. The van der Waals surface area contributed by atoms with Gasteiger partial charge in [-0.25, -0.2) is 0 Å². The van der Waals surface area contributed by atoms with Crippen molar-refractivity contribution >= 4 is 17.4 Å². The summed E-state index contributed by atoms with van der Waals surface area (Å²) in [5, 5.41) is 7.85. The van der Waals surface area contributed by atoms with Crippen LogP contribution in [0.2, 0.25) is 5.02 Å². The third kappa shape index (κ3) is 3.56. The molecular weight excluding hydrogens is 284 g/mol. The number of hydrogen-bond acceptors (Lipinski definition) is 2. The highest BCUT2D eigenvalue weighted by Crippen LogP contribution is 2.33. The number of halogens is 1. The first-order valence-electron chi connectivity index (χ1n) is 6.81.